The van der Waals surface area contributed by atoms with Gasteiger partial charge in [-0.3, -0.25) is 0 Å². The molecule has 0 aliphatic heterocycles. The number of hydrogen-bond acceptors (Lipinski definition) is 1. The van der Waals surface area contributed by atoms with Gasteiger partial charge in [-0.1, -0.05) is 196 Å². The standard InChI is InChI=1S/C56H41N/c1-55(2)48-29-13-11-26-45(48)46-28-16-33-52(54(46)55)57(44-25-15-20-40(37-44)41-35-34-38-18-9-10-19-39(38)36-41)51-32-17-31-50-53(51)47-27-12-14-30-49(47)56(50,42-21-5-3-6-22-42)43-23-7-4-8-24-43/h3-37H,1-2H3. The van der Waals surface area contributed by atoms with Gasteiger partial charge in [0, 0.05) is 16.7 Å². The van der Waals surface area contributed by atoms with Crippen LogP contribution in [-0.2, 0) is 10.8 Å². The second kappa shape index (κ2) is 12.8. The van der Waals surface area contributed by atoms with Crippen molar-refractivity contribution in [3.8, 4) is 33.4 Å². The second-order valence-corrected chi connectivity index (χ2v) is 16.0. The molecule has 57 heavy (non-hydrogen) atoms. The number of hydrogen-bond donors (Lipinski definition) is 0. The van der Waals surface area contributed by atoms with Crippen LogP contribution in [0.25, 0.3) is 44.2 Å². The predicted octanol–water partition coefficient (Wildman–Crippen LogP) is 14.6. The predicted molar refractivity (Wildman–Crippen MR) is 239 cm³/mol. The topological polar surface area (TPSA) is 3.24 Å². The van der Waals surface area contributed by atoms with E-state index in [2.05, 4.69) is 231 Å². The third kappa shape index (κ3) is 4.89. The van der Waals surface area contributed by atoms with E-state index in [4.69, 9.17) is 0 Å². The zero-order valence-electron chi connectivity index (χ0n) is 32.2. The van der Waals surface area contributed by atoms with Gasteiger partial charge in [-0.15, -0.1) is 0 Å². The Balaban J connectivity index is 1.22. The van der Waals surface area contributed by atoms with E-state index in [9.17, 15) is 0 Å². The summed E-state index contributed by atoms with van der Waals surface area (Å²) >= 11 is 0. The summed E-state index contributed by atoms with van der Waals surface area (Å²) in [6.45, 7) is 4.79. The summed E-state index contributed by atoms with van der Waals surface area (Å²) in [5, 5.41) is 2.49. The fourth-order valence-corrected chi connectivity index (χ4v) is 10.3. The minimum absolute atomic E-state index is 0.218. The van der Waals surface area contributed by atoms with Gasteiger partial charge < -0.3 is 4.90 Å². The van der Waals surface area contributed by atoms with E-state index >= 15 is 0 Å². The molecule has 0 unspecified atom stereocenters. The number of nitrogens with zero attached hydrogens (tertiary/aromatic N) is 1. The quantitative estimate of drug-likeness (QED) is 0.165. The highest BCUT2D eigenvalue weighted by molar-refractivity contribution is 6.00. The number of anilines is 3. The van der Waals surface area contributed by atoms with Crippen molar-refractivity contribution in [3.63, 3.8) is 0 Å². The molecule has 9 aromatic rings. The normalized spacial score (nSPS) is 14.1. The van der Waals surface area contributed by atoms with E-state index in [1.54, 1.807) is 0 Å². The first-order valence-electron chi connectivity index (χ1n) is 20.0. The van der Waals surface area contributed by atoms with Gasteiger partial charge >= 0.3 is 0 Å². The molecule has 0 saturated heterocycles. The molecule has 0 N–H and O–H groups in total. The van der Waals surface area contributed by atoms with Gasteiger partial charge in [-0.05, 0) is 102 Å². The van der Waals surface area contributed by atoms with Crippen molar-refractivity contribution in [3.05, 3.63) is 246 Å². The van der Waals surface area contributed by atoms with Crippen molar-refractivity contribution in [2.45, 2.75) is 24.7 Å². The van der Waals surface area contributed by atoms with Crippen LogP contribution in [0, 0.1) is 0 Å². The molecular weight excluding hydrogens is 687 g/mol. The largest absolute Gasteiger partial charge is 0.310 e. The molecule has 0 atom stereocenters. The average molecular weight is 728 g/mol. The Labute approximate surface area is 335 Å². The van der Waals surface area contributed by atoms with Gasteiger partial charge in [-0.2, -0.15) is 0 Å². The van der Waals surface area contributed by atoms with Crippen LogP contribution >= 0.6 is 0 Å². The molecule has 0 amide bonds. The molecule has 9 aromatic carbocycles. The highest BCUT2D eigenvalue weighted by Gasteiger charge is 2.48. The molecule has 0 spiro atoms. The third-order valence-electron chi connectivity index (χ3n) is 12.7. The third-order valence-corrected chi connectivity index (χ3v) is 12.7. The summed E-state index contributed by atoms with van der Waals surface area (Å²) < 4.78 is 0. The van der Waals surface area contributed by atoms with Crippen molar-refractivity contribution in [2.24, 2.45) is 0 Å². The van der Waals surface area contributed by atoms with Crippen molar-refractivity contribution in [1.29, 1.82) is 0 Å². The maximum absolute atomic E-state index is 2.57. The van der Waals surface area contributed by atoms with Crippen LogP contribution < -0.4 is 4.90 Å². The Bertz CT molecular complexity index is 2950. The average Bonchev–Trinajstić information content (AvgIpc) is 3.71. The molecule has 270 valence electrons. The highest BCUT2D eigenvalue weighted by atomic mass is 15.1. The summed E-state index contributed by atoms with van der Waals surface area (Å²) in [6, 6.07) is 78.8. The van der Waals surface area contributed by atoms with Crippen LogP contribution in [0.15, 0.2) is 212 Å². The smallest absolute Gasteiger partial charge is 0.0714 e. The van der Waals surface area contributed by atoms with Crippen LogP contribution in [0.4, 0.5) is 17.1 Å². The first-order valence-corrected chi connectivity index (χ1v) is 20.0. The van der Waals surface area contributed by atoms with Gasteiger partial charge in [-0.25, -0.2) is 0 Å². The highest BCUT2D eigenvalue weighted by Crippen LogP contribution is 2.61. The Morgan fingerprint density at radius 1 is 0.368 bits per heavy atom. The molecule has 0 aromatic heterocycles. The van der Waals surface area contributed by atoms with Gasteiger partial charge in [0.05, 0.1) is 16.8 Å². The number of benzene rings is 9. The molecule has 1 heteroatoms. The summed E-state index contributed by atoms with van der Waals surface area (Å²) in [4.78, 5) is 2.57. The molecule has 2 aliphatic carbocycles. The zero-order valence-corrected chi connectivity index (χ0v) is 32.2. The zero-order chi connectivity index (χ0) is 38.1. The molecule has 0 bridgehead atoms. The first-order chi connectivity index (χ1) is 28.0. The molecule has 0 radical (unpaired) electrons. The molecule has 0 heterocycles. The van der Waals surface area contributed by atoms with E-state index in [0.29, 0.717) is 0 Å². The van der Waals surface area contributed by atoms with Gasteiger partial charge in [0.2, 0.25) is 0 Å². The van der Waals surface area contributed by atoms with Crippen LogP contribution in [0.1, 0.15) is 47.2 Å². The minimum atomic E-state index is -0.503. The van der Waals surface area contributed by atoms with Crippen LogP contribution in [0.2, 0.25) is 0 Å². The van der Waals surface area contributed by atoms with Gasteiger partial charge in [0.25, 0.3) is 0 Å². The van der Waals surface area contributed by atoms with Crippen molar-refractivity contribution in [2.75, 3.05) is 4.90 Å². The number of rotatable bonds is 6. The lowest BCUT2D eigenvalue weighted by atomic mass is 9.68. The molecule has 0 saturated carbocycles. The molecular formula is C56H41N. The molecule has 0 fully saturated rings. The summed E-state index contributed by atoms with van der Waals surface area (Å²) in [7, 11) is 0. The van der Waals surface area contributed by atoms with E-state index in [1.165, 1.54) is 88.9 Å². The monoisotopic (exact) mass is 727 g/mol. The lowest BCUT2D eigenvalue weighted by Gasteiger charge is -2.35. The summed E-state index contributed by atoms with van der Waals surface area (Å²) in [6.07, 6.45) is 0. The number of fused-ring (bicyclic) bond motifs is 7. The van der Waals surface area contributed by atoms with Crippen molar-refractivity contribution >= 4 is 27.8 Å². The van der Waals surface area contributed by atoms with Gasteiger partial charge in [0.15, 0.2) is 0 Å². The van der Waals surface area contributed by atoms with Crippen LogP contribution in [0.3, 0.4) is 0 Å². The maximum Gasteiger partial charge on any atom is 0.0714 e. The van der Waals surface area contributed by atoms with Gasteiger partial charge in [0.1, 0.15) is 0 Å². The maximum atomic E-state index is 2.57. The van der Waals surface area contributed by atoms with E-state index in [1.807, 2.05) is 0 Å². The Hall–Kier alpha value is -6.96. The fourth-order valence-electron chi connectivity index (χ4n) is 10.3. The Kier molecular flexibility index (Phi) is 7.50. The molecule has 2 aliphatic rings. The first kappa shape index (κ1) is 33.4. The van der Waals surface area contributed by atoms with Crippen molar-refractivity contribution in [1.82, 2.24) is 0 Å². The Morgan fingerprint density at radius 3 is 1.70 bits per heavy atom. The summed E-state index contributed by atoms with van der Waals surface area (Å²) in [5.41, 5.74) is 18.2. The van der Waals surface area contributed by atoms with E-state index < -0.39 is 5.41 Å². The van der Waals surface area contributed by atoms with Crippen LogP contribution in [-0.4, -0.2) is 0 Å². The fraction of sp³-hybridized carbons (Fsp3) is 0.0714. The van der Waals surface area contributed by atoms with E-state index in [-0.39, 0.29) is 5.41 Å². The lowest BCUT2D eigenvalue weighted by molar-refractivity contribution is 0.661. The lowest BCUT2D eigenvalue weighted by Crippen LogP contribution is -2.28. The van der Waals surface area contributed by atoms with E-state index in [0.717, 1.165) is 5.69 Å². The van der Waals surface area contributed by atoms with Crippen LogP contribution in [0.5, 0.6) is 0 Å². The minimum Gasteiger partial charge on any atom is -0.310 e. The summed E-state index contributed by atoms with van der Waals surface area (Å²) in [5.74, 6) is 0. The molecule has 1 nitrogen and oxygen atoms in total. The SMILES string of the molecule is CC1(C)c2ccccc2-c2cccc(N(c3cccc(-c4ccc5ccccc5c4)c3)c3cccc4c3-c3ccccc3C4(c3ccccc3)c3ccccc3)c21. The Morgan fingerprint density at radius 2 is 0.930 bits per heavy atom. The van der Waals surface area contributed by atoms with Crippen molar-refractivity contribution < 1.29 is 0 Å². The molecule has 11 rings (SSSR count). The second-order valence-electron chi connectivity index (χ2n) is 16.0.